The van der Waals surface area contributed by atoms with Crippen LogP contribution in [-0.4, -0.2) is 10.0 Å². The van der Waals surface area contributed by atoms with Gasteiger partial charge in [-0.25, -0.2) is 13.2 Å². The molecule has 0 saturated carbocycles. The maximum absolute atomic E-state index is 13.6. The van der Waals surface area contributed by atoms with E-state index in [0.29, 0.717) is 6.07 Å². The maximum atomic E-state index is 13.6. The highest BCUT2D eigenvalue weighted by molar-refractivity contribution is 6.36. The van der Waals surface area contributed by atoms with E-state index >= 15 is 0 Å². The van der Waals surface area contributed by atoms with Crippen LogP contribution in [0, 0.1) is 39.2 Å². The zero-order valence-electron chi connectivity index (χ0n) is 10.8. The van der Waals surface area contributed by atoms with Gasteiger partial charge in [0.05, 0.1) is 9.95 Å². The van der Waals surface area contributed by atoms with Crippen LogP contribution in [0.1, 0.15) is 0 Å². The number of nitro groups is 1. The van der Waals surface area contributed by atoms with Crippen molar-refractivity contribution in [3.8, 4) is 17.2 Å². The van der Waals surface area contributed by atoms with E-state index in [4.69, 9.17) is 23.2 Å². The summed E-state index contributed by atoms with van der Waals surface area (Å²) in [6.07, 6.45) is 0. The Morgan fingerprint density at radius 1 is 0.958 bits per heavy atom. The second-order valence-electron chi connectivity index (χ2n) is 4.13. The molecule has 12 heteroatoms. The number of nitro benzene ring substituents is 1. The molecule has 0 aliphatic rings. The standard InChI is InChI=1S/C12H2Cl2F5NO4/c13-2-1-3(20(22)23)11(4(14)5(2)15)24-12-9(19)7(17)6(16)8(18)10(12)21/h1,21H. The van der Waals surface area contributed by atoms with Crippen molar-refractivity contribution in [1.29, 1.82) is 0 Å². The van der Waals surface area contributed by atoms with Gasteiger partial charge in [0.1, 0.15) is 5.02 Å². The van der Waals surface area contributed by atoms with Gasteiger partial charge in [-0.15, -0.1) is 0 Å². The van der Waals surface area contributed by atoms with E-state index in [2.05, 4.69) is 4.74 Å². The van der Waals surface area contributed by atoms with Crippen LogP contribution < -0.4 is 4.74 Å². The summed E-state index contributed by atoms with van der Waals surface area (Å²) < 4.78 is 71.2. The highest BCUT2D eigenvalue weighted by Gasteiger charge is 2.31. The summed E-state index contributed by atoms with van der Waals surface area (Å²) in [6, 6.07) is 0.434. The zero-order chi connectivity index (χ0) is 18.3. The minimum atomic E-state index is -2.37. The van der Waals surface area contributed by atoms with Gasteiger partial charge < -0.3 is 9.84 Å². The molecule has 0 amide bonds. The fraction of sp³-hybridized carbons (Fsp3) is 0. The lowest BCUT2D eigenvalue weighted by atomic mass is 10.2. The molecule has 0 bridgehead atoms. The van der Waals surface area contributed by atoms with Gasteiger partial charge >= 0.3 is 5.69 Å². The van der Waals surface area contributed by atoms with Crippen LogP contribution in [0.3, 0.4) is 0 Å². The van der Waals surface area contributed by atoms with Crippen LogP contribution in [0.25, 0.3) is 0 Å². The molecule has 0 radical (unpaired) electrons. The van der Waals surface area contributed by atoms with Crippen LogP contribution in [0.2, 0.25) is 10.0 Å². The quantitative estimate of drug-likeness (QED) is 0.260. The Bertz CT molecular complexity index is 848. The van der Waals surface area contributed by atoms with Crippen molar-refractivity contribution in [3.05, 3.63) is 55.3 Å². The second-order valence-corrected chi connectivity index (χ2v) is 4.91. The third-order valence-electron chi connectivity index (χ3n) is 2.70. The summed E-state index contributed by atoms with van der Waals surface area (Å²) in [5.74, 6) is -15.3. The summed E-state index contributed by atoms with van der Waals surface area (Å²) in [4.78, 5) is 9.74. The molecule has 128 valence electrons. The minimum absolute atomic E-state index is 0.434. The average Bonchev–Trinajstić information content (AvgIpc) is 2.54. The largest absolute Gasteiger partial charge is 0.502 e. The van der Waals surface area contributed by atoms with Gasteiger partial charge in [-0.3, -0.25) is 10.1 Å². The van der Waals surface area contributed by atoms with Crippen molar-refractivity contribution < 1.29 is 36.7 Å². The zero-order valence-corrected chi connectivity index (χ0v) is 12.4. The number of phenols is 1. The first kappa shape index (κ1) is 18.0. The van der Waals surface area contributed by atoms with E-state index < -0.39 is 67.0 Å². The monoisotopic (exact) mass is 389 g/mol. The van der Waals surface area contributed by atoms with Gasteiger partial charge in [0, 0.05) is 6.07 Å². The molecule has 1 N–H and O–H groups in total. The predicted octanol–water partition coefficient (Wildman–Crippen LogP) is 5.10. The van der Waals surface area contributed by atoms with Crippen molar-refractivity contribution in [3.63, 3.8) is 0 Å². The number of benzene rings is 2. The Balaban J connectivity index is 2.74. The predicted molar refractivity (Wildman–Crippen MR) is 71.1 cm³/mol. The van der Waals surface area contributed by atoms with Crippen molar-refractivity contribution in [2.24, 2.45) is 0 Å². The number of halogens is 7. The van der Waals surface area contributed by atoms with Gasteiger partial charge in [0.15, 0.2) is 5.82 Å². The molecule has 2 rings (SSSR count). The number of ether oxygens (including phenoxy) is 1. The lowest BCUT2D eigenvalue weighted by molar-refractivity contribution is -0.385. The molecule has 24 heavy (non-hydrogen) atoms. The van der Waals surface area contributed by atoms with Gasteiger partial charge in [-0.1, -0.05) is 23.2 Å². The van der Waals surface area contributed by atoms with Crippen LogP contribution in [0.4, 0.5) is 27.6 Å². The van der Waals surface area contributed by atoms with Crippen LogP contribution in [0.15, 0.2) is 6.07 Å². The fourth-order valence-corrected chi connectivity index (χ4v) is 2.08. The molecule has 2 aromatic rings. The lowest BCUT2D eigenvalue weighted by Gasteiger charge is -2.12. The highest BCUT2D eigenvalue weighted by Crippen LogP contribution is 2.46. The number of hydrogen-bond acceptors (Lipinski definition) is 4. The van der Waals surface area contributed by atoms with Crippen LogP contribution >= 0.6 is 23.2 Å². The smallest absolute Gasteiger partial charge is 0.314 e. The molecular weight excluding hydrogens is 388 g/mol. The topological polar surface area (TPSA) is 72.6 Å². The lowest BCUT2D eigenvalue weighted by Crippen LogP contribution is -2.03. The van der Waals surface area contributed by atoms with Crippen molar-refractivity contribution >= 4 is 28.9 Å². The molecule has 0 aliphatic heterocycles. The van der Waals surface area contributed by atoms with E-state index in [1.165, 1.54) is 0 Å². The summed E-state index contributed by atoms with van der Waals surface area (Å²) in [7, 11) is 0. The Labute approximate surface area is 138 Å². The number of phenolic OH excluding ortho intramolecular Hbond substituents is 1. The second kappa shape index (κ2) is 6.29. The molecule has 0 heterocycles. The average molecular weight is 390 g/mol. The van der Waals surface area contributed by atoms with Gasteiger partial charge in [0.2, 0.25) is 40.5 Å². The molecule has 0 spiro atoms. The Morgan fingerprint density at radius 3 is 2.04 bits per heavy atom. The SMILES string of the molecule is O=[N+]([O-])c1cc(Cl)c(F)c(Cl)c1Oc1c(O)c(F)c(F)c(F)c1F. The number of rotatable bonds is 3. The van der Waals surface area contributed by atoms with Crippen LogP contribution in [-0.2, 0) is 0 Å². The normalized spacial score (nSPS) is 10.8. The van der Waals surface area contributed by atoms with Crippen molar-refractivity contribution in [1.82, 2.24) is 0 Å². The summed E-state index contributed by atoms with van der Waals surface area (Å²) >= 11 is 10.8. The van der Waals surface area contributed by atoms with E-state index in [0.717, 1.165) is 0 Å². The van der Waals surface area contributed by atoms with Gasteiger partial charge in [0.25, 0.3) is 0 Å². The third kappa shape index (κ3) is 2.78. The first-order valence-electron chi connectivity index (χ1n) is 5.62. The molecule has 0 saturated heterocycles. The first-order valence-corrected chi connectivity index (χ1v) is 6.38. The summed E-state index contributed by atoms with van der Waals surface area (Å²) in [6.45, 7) is 0. The van der Waals surface area contributed by atoms with E-state index in [-0.39, 0.29) is 0 Å². The summed E-state index contributed by atoms with van der Waals surface area (Å²) in [5.41, 5.74) is -1.10. The van der Waals surface area contributed by atoms with E-state index in [1.807, 2.05) is 0 Å². The molecule has 0 unspecified atom stereocenters. The molecule has 5 nitrogen and oxygen atoms in total. The van der Waals surface area contributed by atoms with Crippen molar-refractivity contribution in [2.45, 2.75) is 0 Å². The van der Waals surface area contributed by atoms with E-state index in [1.54, 1.807) is 0 Å². The van der Waals surface area contributed by atoms with E-state index in [9.17, 15) is 37.2 Å². The maximum Gasteiger partial charge on any atom is 0.314 e. The molecule has 0 aromatic heterocycles. The Morgan fingerprint density at radius 2 is 1.50 bits per heavy atom. The number of nitrogens with zero attached hydrogens (tertiary/aromatic N) is 1. The molecule has 0 aliphatic carbocycles. The summed E-state index contributed by atoms with van der Waals surface area (Å²) in [5, 5.41) is 18.3. The highest BCUT2D eigenvalue weighted by atomic mass is 35.5. The Kier molecular flexibility index (Phi) is 4.72. The van der Waals surface area contributed by atoms with Crippen molar-refractivity contribution in [2.75, 3.05) is 0 Å². The Hall–Kier alpha value is -2.33. The number of aromatic hydroxyl groups is 1. The van der Waals surface area contributed by atoms with Gasteiger partial charge in [-0.05, 0) is 0 Å². The van der Waals surface area contributed by atoms with Crippen LogP contribution in [0.5, 0.6) is 17.2 Å². The molecule has 0 fully saturated rings. The first-order chi connectivity index (χ1) is 11.1. The molecule has 0 atom stereocenters. The molecule has 2 aromatic carbocycles. The van der Waals surface area contributed by atoms with Gasteiger partial charge in [-0.2, -0.15) is 8.78 Å². The third-order valence-corrected chi connectivity index (χ3v) is 3.31. The minimum Gasteiger partial charge on any atom is -0.502 e. The number of hydrogen-bond donors (Lipinski definition) is 1. The fourth-order valence-electron chi connectivity index (χ4n) is 1.59. The molecular formula is C12H2Cl2F5NO4.